The number of nitrogens with one attached hydrogen (secondary N) is 2. The third kappa shape index (κ3) is 2.27. The number of hydrogen-bond donors (Lipinski definition) is 2. The van der Waals surface area contributed by atoms with Crippen LogP contribution in [0.1, 0.15) is 4.88 Å². The van der Waals surface area contributed by atoms with Gasteiger partial charge in [0.05, 0.1) is 20.1 Å². The molecule has 0 aromatic carbocycles. The molecule has 5 heteroatoms. The van der Waals surface area contributed by atoms with Gasteiger partial charge in [0.2, 0.25) is 0 Å². The fourth-order valence-corrected chi connectivity index (χ4v) is 3.47. The Balaban J connectivity index is 2.32. The van der Waals surface area contributed by atoms with Crippen LogP contribution >= 0.6 is 23.1 Å². The maximum Gasteiger partial charge on any atom is 0.257 e. The van der Waals surface area contributed by atoms with E-state index in [9.17, 15) is 4.79 Å². The first-order valence-corrected chi connectivity index (χ1v) is 7.77. The number of rotatable bonds is 2. The Bertz CT molecular complexity index is 949. The minimum atomic E-state index is -0.0732. The van der Waals surface area contributed by atoms with E-state index >= 15 is 0 Å². The largest absolute Gasteiger partial charge is 0.354 e. The van der Waals surface area contributed by atoms with Crippen molar-refractivity contribution in [1.29, 1.82) is 0 Å². The summed E-state index contributed by atoms with van der Waals surface area (Å²) >= 11 is 3.38. The second kappa shape index (κ2) is 4.75. The lowest BCUT2D eigenvalue weighted by Gasteiger charge is -1.87. The zero-order valence-electron chi connectivity index (χ0n) is 10.3. The molecule has 0 unspecified atom stereocenters. The van der Waals surface area contributed by atoms with Gasteiger partial charge in [-0.3, -0.25) is 4.79 Å². The molecule has 1 aromatic rings. The standard InChI is InChI=1S/C14H12N2OS2/c1-8-3-5-11-13(15-8)10(14(17)16-11)7-9-4-6-12(18-2)19-9/h3-7,15H,1H2,2H3,(H,16,17). The normalized spacial score (nSPS) is 12.4. The molecule has 19 heavy (non-hydrogen) atoms. The minimum Gasteiger partial charge on any atom is -0.354 e. The van der Waals surface area contributed by atoms with Crippen LogP contribution in [0, 0.1) is 10.7 Å². The minimum absolute atomic E-state index is 0.0732. The van der Waals surface area contributed by atoms with Crippen LogP contribution in [0.5, 0.6) is 0 Å². The second-order valence-corrected chi connectivity index (χ2v) is 6.37. The van der Waals surface area contributed by atoms with Crippen molar-refractivity contribution >= 4 is 35.8 Å². The SMILES string of the molecule is C=c1ccc2[nH]c(=O)c(=Cc3ccc(SC)s3)c=2[nH]1. The molecule has 1 aromatic heterocycles. The lowest BCUT2D eigenvalue weighted by Crippen LogP contribution is -2.23. The monoisotopic (exact) mass is 288 g/mol. The predicted molar refractivity (Wildman–Crippen MR) is 81.2 cm³/mol. The fraction of sp³-hybridized carbons (Fsp3) is 0.0714. The van der Waals surface area contributed by atoms with Gasteiger partial charge in [-0.25, -0.2) is 0 Å². The third-order valence-electron chi connectivity index (χ3n) is 2.86. The first-order valence-electron chi connectivity index (χ1n) is 5.73. The molecule has 0 bridgehead atoms. The van der Waals surface area contributed by atoms with E-state index in [-0.39, 0.29) is 5.56 Å². The van der Waals surface area contributed by atoms with Crippen molar-refractivity contribution < 1.29 is 0 Å². The number of aromatic amines is 2. The highest BCUT2D eigenvalue weighted by Crippen LogP contribution is 2.25. The molecule has 0 saturated heterocycles. The molecule has 0 aliphatic carbocycles. The first-order chi connectivity index (χ1) is 9.17. The Morgan fingerprint density at radius 1 is 1.26 bits per heavy atom. The maximum atomic E-state index is 12.0. The van der Waals surface area contributed by atoms with Gasteiger partial charge in [-0.15, -0.1) is 23.1 Å². The molecule has 0 radical (unpaired) electrons. The average molecular weight is 288 g/mol. The molecule has 2 aliphatic rings. The van der Waals surface area contributed by atoms with E-state index in [1.165, 1.54) is 4.21 Å². The van der Waals surface area contributed by atoms with Crippen molar-refractivity contribution in [1.82, 2.24) is 9.97 Å². The number of thioether (sulfide) groups is 1. The molecule has 0 atom stereocenters. The Labute approximate surface area is 117 Å². The summed E-state index contributed by atoms with van der Waals surface area (Å²) in [4.78, 5) is 19.1. The van der Waals surface area contributed by atoms with Gasteiger partial charge >= 0.3 is 0 Å². The first kappa shape index (κ1) is 12.3. The average Bonchev–Trinajstić information content (AvgIpc) is 2.96. The van der Waals surface area contributed by atoms with Crippen molar-refractivity contribution in [2.75, 3.05) is 6.26 Å². The number of H-pyrrole nitrogens is 2. The molecule has 3 rings (SSSR count). The summed E-state index contributed by atoms with van der Waals surface area (Å²) in [6.45, 7) is 3.86. The van der Waals surface area contributed by atoms with Crippen LogP contribution < -0.4 is 16.1 Å². The number of thiophene rings is 1. The van der Waals surface area contributed by atoms with E-state index in [1.807, 2.05) is 30.5 Å². The molecular weight excluding hydrogens is 276 g/mol. The highest BCUT2D eigenvalue weighted by molar-refractivity contribution is 8.00. The highest BCUT2D eigenvalue weighted by atomic mass is 32.2. The zero-order chi connectivity index (χ0) is 13.4. The van der Waals surface area contributed by atoms with Gasteiger partial charge in [-0.05, 0) is 36.6 Å². The summed E-state index contributed by atoms with van der Waals surface area (Å²) in [5.74, 6) is 0. The molecule has 2 aliphatic heterocycles. The Morgan fingerprint density at radius 3 is 2.84 bits per heavy atom. The molecule has 3 nitrogen and oxygen atoms in total. The van der Waals surface area contributed by atoms with E-state index in [1.54, 1.807) is 23.1 Å². The molecule has 2 N–H and O–H groups in total. The van der Waals surface area contributed by atoms with Gasteiger partial charge in [-0.1, -0.05) is 6.58 Å². The van der Waals surface area contributed by atoms with Crippen molar-refractivity contribution in [3.63, 3.8) is 0 Å². The van der Waals surface area contributed by atoms with Crippen LogP contribution in [-0.2, 0) is 0 Å². The van der Waals surface area contributed by atoms with Crippen molar-refractivity contribution in [3.05, 3.63) is 60.8 Å². The summed E-state index contributed by atoms with van der Waals surface area (Å²) in [5.41, 5.74) is -0.0732. The van der Waals surface area contributed by atoms with Gasteiger partial charge in [0.1, 0.15) is 0 Å². The van der Waals surface area contributed by atoms with Gasteiger partial charge < -0.3 is 9.97 Å². The predicted octanol–water partition coefficient (Wildman–Crippen LogP) is 1.45. The Morgan fingerprint density at radius 2 is 2.11 bits per heavy atom. The topological polar surface area (TPSA) is 48.6 Å². The lowest BCUT2D eigenvalue weighted by molar-refractivity contribution is 1.15. The van der Waals surface area contributed by atoms with Crippen LogP contribution in [0.2, 0.25) is 0 Å². The maximum absolute atomic E-state index is 12.0. The molecule has 0 spiro atoms. The Hall–Kier alpha value is -1.72. The van der Waals surface area contributed by atoms with Crippen molar-refractivity contribution in [3.8, 4) is 0 Å². The van der Waals surface area contributed by atoms with Crippen molar-refractivity contribution in [2.45, 2.75) is 4.21 Å². The fourth-order valence-electron chi connectivity index (χ4n) is 1.96. The van der Waals surface area contributed by atoms with E-state index in [0.29, 0.717) is 5.22 Å². The van der Waals surface area contributed by atoms with Gasteiger partial charge in [0.25, 0.3) is 5.56 Å². The summed E-state index contributed by atoms with van der Waals surface area (Å²) in [6, 6.07) is 7.81. The molecule has 96 valence electrons. The van der Waals surface area contributed by atoms with Crippen LogP contribution in [0.15, 0.2) is 33.3 Å². The van der Waals surface area contributed by atoms with Gasteiger partial charge in [0.15, 0.2) is 0 Å². The zero-order valence-corrected chi connectivity index (χ0v) is 12.0. The molecular formula is C14H12N2OS2. The lowest BCUT2D eigenvalue weighted by atomic mass is 10.3. The van der Waals surface area contributed by atoms with Gasteiger partial charge in [-0.2, -0.15) is 0 Å². The van der Waals surface area contributed by atoms with Gasteiger partial charge in [0, 0.05) is 10.2 Å². The summed E-state index contributed by atoms with van der Waals surface area (Å²) in [5, 5.41) is 3.08. The molecule has 0 amide bonds. The molecule has 0 fully saturated rings. The van der Waals surface area contributed by atoms with Crippen LogP contribution in [0.25, 0.3) is 12.7 Å². The van der Waals surface area contributed by atoms with Crippen LogP contribution in [-0.4, -0.2) is 16.2 Å². The van der Waals surface area contributed by atoms with E-state index < -0.39 is 0 Å². The van der Waals surface area contributed by atoms with E-state index in [0.717, 1.165) is 20.9 Å². The summed E-state index contributed by atoms with van der Waals surface area (Å²) < 4.78 is 1.24. The smallest absolute Gasteiger partial charge is 0.257 e. The highest BCUT2D eigenvalue weighted by Gasteiger charge is 2.01. The number of hydrogen-bond acceptors (Lipinski definition) is 3. The molecule has 3 heterocycles. The Kier molecular flexibility index (Phi) is 3.08. The quantitative estimate of drug-likeness (QED) is 0.701. The second-order valence-electron chi connectivity index (χ2n) is 4.15. The third-order valence-corrected chi connectivity index (χ3v) is 4.97. The van der Waals surface area contributed by atoms with Crippen LogP contribution in [0.4, 0.5) is 0 Å². The van der Waals surface area contributed by atoms with E-state index in [4.69, 9.17) is 0 Å². The van der Waals surface area contributed by atoms with E-state index in [2.05, 4.69) is 22.6 Å². The molecule has 0 saturated carbocycles. The van der Waals surface area contributed by atoms with Crippen LogP contribution in [0.3, 0.4) is 0 Å². The summed E-state index contributed by atoms with van der Waals surface area (Å²) in [6.07, 6.45) is 3.96. The number of aromatic nitrogens is 2. The summed E-state index contributed by atoms with van der Waals surface area (Å²) in [7, 11) is 0. The van der Waals surface area contributed by atoms with Crippen molar-refractivity contribution in [2.24, 2.45) is 0 Å².